The van der Waals surface area contributed by atoms with Gasteiger partial charge in [-0.1, -0.05) is 0 Å². The van der Waals surface area contributed by atoms with Crippen molar-refractivity contribution < 1.29 is 23.0 Å². The highest BCUT2D eigenvalue weighted by molar-refractivity contribution is 5.92. The maximum Gasteiger partial charge on any atom is 0.331 e. The van der Waals surface area contributed by atoms with Crippen LogP contribution in [0.15, 0.2) is 18.2 Å². The summed E-state index contributed by atoms with van der Waals surface area (Å²) in [7, 11) is 0. The van der Waals surface area contributed by atoms with E-state index in [1.165, 1.54) is 6.08 Å². The van der Waals surface area contributed by atoms with Gasteiger partial charge in [-0.15, -0.1) is 0 Å². The molecule has 0 atom stereocenters. The normalized spacial score (nSPS) is 16.5. The molecule has 0 spiro atoms. The Morgan fingerprint density at radius 3 is 3.00 bits per heavy atom. The van der Waals surface area contributed by atoms with Crippen molar-refractivity contribution in [2.75, 3.05) is 13.2 Å². The Bertz CT molecular complexity index is 524. The van der Waals surface area contributed by atoms with Gasteiger partial charge in [0.1, 0.15) is 17.4 Å². The van der Waals surface area contributed by atoms with E-state index in [0.29, 0.717) is 25.0 Å². The zero-order chi connectivity index (χ0) is 13.8. The molecule has 0 amide bonds. The number of esters is 1. The first-order chi connectivity index (χ1) is 9.11. The first-order valence-corrected chi connectivity index (χ1v) is 6.11. The van der Waals surface area contributed by atoms with Crippen LogP contribution >= 0.6 is 0 Å². The molecule has 2 rings (SSSR count). The first-order valence-electron chi connectivity index (χ1n) is 6.11. The second-order valence-electron chi connectivity index (χ2n) is 4.13. The van der Waals surface area contributed by atoms with Gasteiger partial charge in [0.25, 0.3) is 0 Å². The predicted octanol–water partition coefficient (Wildman–Crippen LogP) is 3.08. The van der Waals surface area contributed by atoms with E-state index in [-0.39, 0.29) is 17.9 Å². The monoisotopic (exact) mass is 268 g/mol. The number of halogens is 2. The molecule has 0 saturated carbocycles. The van der Waals surface area contributed by atoms with E-state index in [0.717, 1.165) is 12.1 Å². The number of hydrogen-bond acceptors (Lipinski definition) is 3. The number of benzene rings is 1. The second kappa shape index (κ2) is 5.82. The average molecular weight is 268 g/mol. The summed E-state index contributed by atoms with van der Waals surface area (Å²) >= 11 is 0. The SMILES string of the molecule is CCOC(=O)C=C1CCCOc2cc(F)cc(F)c21. The van der Waals surface area contributed by atoms with Crippen LogP contribution in [0.3, 0.4) is 0 Å². The quantitative estimate of drug-likeness (QED) is 0.610. The molecule has 5 heteroatoms. The fourth-order valence-electron chi connectivity index (χ4n) is 2.02. The van der Waals surface area contributed by atoms with Crippen LogP contribution in [-0.4, -0.2) is 19.2 Å². The lowest BCUT2D eigenvalue weighted by Crippen LogP contribution is -2.02. The molecule has 1 heterocycles. The van der Waals surface area contributed by atoms with Crippen molar-refractivity contribution in [3.8, 4) is 5.75 Å². The minimum atomic E-state index is -0.729. The number of allylic oxidation sites excluding steroid dienone is 1. The number of rotatable bonds is 2. The Kier molecular flexibility index (Phi) is 4.14. The molecule has 0 fully saturated rings. The Labute approximate surface area is 109 Å². The third-order valence-electron chi connectivity index (χ3n) is 2.77. The maximum absolute atomic E-state index is 13.9. The van der Waals surface area contributed by atoms with Gasteiger partial charge in [-0.25, -0.2) is 13.6 Å². The second-order valence-corrected chi connectivity index (χ2v) is 4.13. The van der Waals surface area contributed by atoms with E-state index in [9.17, 15) is 13.6 Å². The number of carbonyl (C=O) groups excluding carboxylic acids is 1. The van der Waals surface area contributed by atoms with Gasteiger partial charge in [-0.3, -0.25) is 0 Å². The molecule has 0 aromatic heterocycles. The average Bonchev–Trinajstić information content (AvgIpc) is 2.51. The maximum atomic E-state index is 13.9. The fourth-order valence-corrected chi connectivity index (χ4v) is 2.02. The van der Waals surface area contributed by atoms with Crippen LogP contribution in [0, 0.1) is 11.6 Å². The molecule has 1 aliphatic heterocycles. The highest BCUT2D eigenvalue weighted by atomic mass is 19.1. The number of fused-ring (bicyclic) bond motifs is 1. The molecule has 1 aromatic rings. The van der Waals surface area contributed by atoms with E-state index in [1.807, 2.05) is 0 Å². The van der Waals surface area contributed by atoms with Gasteiger partial charge in [0, 0.05) is 18.2 Å². The lowest BCUT2D eigenvalue weighted by Gasteiger charge is -2.10. The highest BCUT2D eigenvalue weighted by Gasteiger charge is 2.20. The lowest BCUT2D eigenvalue weighted by atomic mass is 10.00. The summed E-state index contributed by atoms with van der Waals surface area (Å²) in [6, 6.07) is 1.91. The van der Waals surface area contributed by atoms with Crippen molar-refractivity contribution in [3.63, 3.8) is 0 Å². The van der Waals surface area contributed by atoms with Crippen molar-refractivity contribution in [2.45, 2.75) is 19.8 Å². The minimum absolute atomic E-state index is 0.130. The highest BCUT2D eigenvalue weighted by Crippen LogP contribution is 2.35. The zero-order valence-electron chi connectivity index (χ0n) is 10.5. The van der Waals surface area contributed by atoms with E-state index in [4.69, 9.17) is 9.47 Å². The van der Waals surface area contributed by atoms with Crippen LogP contribution < -0.4 is 4.74 Å². The van der Waals surface area contributed by atoms with E-state index < -0.39 is 17.6 Å². The van der Waals surface area contributed by atoms with E-state index >= 15 is 0 Å². The summed E-state index contributed by atoms with van der Waals surface area (Å²) in [6.45, 7) is 2.30. The van der Waals surface area contributed by atoms with Gasteiger partial charge in [0.15, 0.2) is 0 Å². The number of hydrogen-bond donors (Lipinski definition) is 0. The Morgan fingerprint density at radius 1 is 1.47 bits per heavy atom. The first kappa shape index (κ1) is 13.5. The van der Waals surface area contributed by atoms with Crippen molar-refractivity contribution in [3.05, 3.63) is 35.4 Å². The largest absolute Gasteiger partial charge is 0.493 e. The van der Waals surface area contributed by atoms with Gasteiger partial charge < -0.3 is 9.47 Å². The van der Waals surface area contributed by atoms with Gasteiger partial charge in [-0.2, -0.15) is 0 Å². The smallest absolute Gasteiger partial charge is 0.331 e. The Hall–Kier alpha value is -1.91. The summed E-state index contributed by atoms with van der Waals surface area (Å²) in [5.74, 6) is -1.83. The minimum Gasteiger partial charge on any atom is -0.493 e. The van der Waals surface area contributed by atoms with Crippen LogP contribution in [0.25, 0.3) is 5.57 Å². The van der Waals surface area contributed by atoms with E-state index in [1.54, 1.807) is 6.92 Å². The van der Waals surface area contributed by atoms with Gasteiger partial charge in [0.2, 0.25) is 0 Å². The summed E-state index contributed by atoms with van der Waals surface area (Å²) in [4.78, 5) is 11.5. The Balaban J connectivity index is 2.45. The predicted molar refractivity (Wildman–Crippen MR) is 65.7 cm³/mol. The summed E-state index contributed by atoms with van der Waals surface area (Å²) in [5, 5.41) is 0. The number of ether oxygens (including phenoxy) is 2. The van der Waals surface area contributed by atoms with Crippen molar-refractivity contribution >= 4 is 11.5 Å². The molecule has 102 valence electrons. The summed E-state index contributed by atoms with van der Waals surface area (Å²) < 4.78 is 37.2. The van der Waals surface area contributed by atoms with E-state index in [2.05, 4.69) is 0 Å². The van der Waals surface area contributed by atoms with Crippen LogP contribution in [0.4, 0.5) is 8.78 Å². The van der Waals surface area contributed by atoms with Crippen molar-refractivity contribution in [2.24, 2.45) is 0 Å². The van der Waals surface area contributed by atoms with Gasteiger partial charge >= 0.3 is 5.97 Å². The summed E-state index contributed by atoms with van der Waals surface area (Å²) in [6.07, 6.45) is 2.35. The van der Waals surface area contributed by atoms with Gasteiger partial charge in [0.05, 0.1) is 18.8 Å². The fraction of sp³-hybridized carbons (Fsp3) is 0.357. The molecule has 0 aliphatic carbocycles. The summed E-state index contributed by atoms with van der Waals surface area (Å²) in [5.41, 5.74) is 0.621. The molecule has 0 unspecified atom stereocenters. The molecule has 0 N–H and O–H groups in total. The van der Waals surface area contributed by atoms with Crippen LogP contribution in [-0.2, 0) is 9.53 Å². The molecule has 3 nitrogen and oxygen atoms in total. The molecule has 1 aliphatic rings. The van der Waals surface area contributed by atoms with Crippen molar-refractivity contribution in [1.29, 1.82) is 0 Å². The topological polar surface area (TPSA) is 35.5 Å². The van der Waals surface area contributed by atoms with Gasteiger partial charge in [-0.05, 0) is 25.3 Å². The lowest BCUT2D eigenvalue weighted by molar-refractivity contribution is -0.137. The van der Waals surface area contributed by atoms with Crippen LogP contribution in [0.5, 0.6) is 5.75 Å². The standard InChI is InChI=1S/C14H14F2O3/c1-2-18-13(17)6-9-4-3-5-19-12-8-10(15)7-11(16)14(9)12/h6-8H,2-5H2,1H3. The third-order valence-corrected chi connectivity index (χ3v) is 2.77. The third kappa shape index (κ3) is 3.10. The van der Waals surface area contributed by atoms with Crippen LogP contribution in [0.2, 0.25) is 0 Å². The molecule has 0 bridgehead atoms. The molecule has 0 saturated heterocycles. The number of carbonyl (C=O) groups is 1. The molecule has 1 aromatic carbocycles. The van der Waals surface area contributed by atoms with Crippen LogP contribution in [0.1, 0.15) is 25.3 Å². The Morgan fingerprint density at radius 2 is 2.26 bits per heavy atom. The zero-order valence-corrected chi connectivity index (χ0v) is 10.5. The van der Waals surface area contributed by atoms with Crippen molar-refractivity contribution in [1.82, 2.24) is 0 Å². The molecule has 19 heavy (non-hydrogen) atoms. The molecular formula is C14H14F2O3. The molecular weight excluding hydrogens is 254 g/mol. The molecule has 0 radical (unpaired) electrons.